The molecule has 1 fully saturated rings. The highest BCUT2D eigenvalue weighted by molar-refractivity contribution is 7.17. The Morgan fingerprint density at radius 2 is 2.11 bits per heavy atom. The van der Waals surface area contributed by atoms with E-state index in [0.717, 1.165) is 24.2 Å². The lowest BCUT2D eigenvalue weighted by Gasteiger charge is -2.20. The summed E-state index contributed by atoms with van der Waals surface area (Å²) in [4.78, 5) is 28.1. The van der Waals surface area contributed by atoms with Crippen LogP contribution in [0, 0.1) is 12.8 Å². The lowest BCUT2D eigenvalue weighted by Crippen LogP contribution is -2.28. The fraction of sp³-hybridized carbons (Fsp3) is 0.583. The van der Waals surface area contributed by atoms with Gasteiger partial charge >= 0.3 is 5.97 Å². The van der Waals surface area contributed by atoms with Crippen LogP contribution in [0.25, 0.3) is 0 Å². The number of methoxy groups -OCH3 is 1. The SMILES string of the molecule is COC(=O)c1sc(NC(=O)C2CCOCC2)nc1C. The molecule has 0 radical (unpaired) electrons. The van der Waals surface area contributed by atoms with Crippen molar-refractivity contribution < 1.29 is 19.1 Å². The van der Waals surface area contributed by atoms with Gasteiger partial charge in [0.15, 0.2) is 5.13 Å². The van der Waals surface area contributed by atoms with Gasteiger partial charge in [0.2, 0.25) is 5.91 Å². The van der Waals surface area contributed by atoms with Gasteiger partial charge in [-0.25, -0.2) is 9.78 Å². The molecule has 2 rings (SSSR count). The number of amides is 1. The number of thiazole rings is 1. The zero-order valence-corrected chi connectivity index (χ0v) is 11.7. The Bertz CT molecular complexity index is 480. The maximum atomic E-state index is 12.0. The summed E-state index contributed by atoms with van der Waals surface area (Å²) in [6.45, 7) is 2.94. The number of aryl methyl sites for hydroxylation is 1. The van der Waals surface area contributed by atoms with Crippen molar-refractivity contribution in [3.05, 3.63) is 10.6 Å². The topological polar surface area (TPSA) is 77.5 Å². The summed E-state index contributed by atoms with van der Waals surface area (Å²) in [6, 6.07) is 0. The molecule has 0 atom stereocenters. The lowest BCUT2D eigenvalue weighted by molar-refractivity contribution is -0.122. The number of aromatic nitrogens is 1. The average molecular weight is 284 g/mol. The van der Waals surface area contributed by atoms with Crippen LogP contribution in [0.3, 0.4) is 0 Å². The molecule has 1 aromatic heterocycles. The van der Waals surface area contributed by atoms with E-state index in [0.29, 0.717) is 28.9 Å². The smallest absolute Gasteiger partial charge is 0.350 e. The van der Waals surface area contributed by atoms with Crippen LogP contribution in [0.5, 0.6) is 0 Å². The first kappa shape index (κ1) is 14.0. The predicted octanol–water partition coefficient (Wildman–Crippen LogP) is 1.60. The Balaban J connectivity index is 2.02. The molecule has 1 N–H and O–H groups in total. The fourth-order valence-electron chi connectivity index (χ4n) is 1.90. The molecule has 1 amide bonds. The number of anilines is 1. The molecule has 104 valence electrons. The number of hydrogen-bond donors (Lipinski definition) is 1. The first-order valence-corrected chi connectivity index (χ1v) is 6.88. The third kappa shape index (κ3) is 3.30. The van der Waals surface area contributed by atoms with Crippen LogP contribution in [0.4, 0.5) is 5.13 Å². The van der Waals surface area contributed by atoms with Crippen LogP contribution >= 0.6 is 11.3 Å². The molecule has 1 aliphatic rings. The van der Waals surface area contributed by atoms with Gasteiger partial charge in [-0.1, -0.05) is 11.3 Å². The summed E-state index contributed by atoms with van der Waals surface area (Å²) in [5.74, 6) is -0.533. The minimum atomic E-state index is -0.429. The third-order valence-corrected chi connectivity index (χ3v) is 4.04. The molecule has 1 aliphatic heterocycles. The van der Waals surface area contributed by atoms with Gasteiger partial charge in [0.1, 0.15) is 4.88 Å². The number of carbonyl (C=O) groups is 2. The van der Waals surface area contributed by atoms with E-state index in [1.54, 1.807) is 6.92 Å². The molecule has 0 spiro atoms. The van der Waals surface area contributed by atoms with Gasteiger partial charge in [-0.15, -0.1) is 0 Å². The van der Waals surface area contributed by atoms with Crippen LogP contribution in [-0.2, 0) is 14.3 Å². The second-order valence-electron chi connectivity index (χ2n) is 4.30. The Morgan fingerprint density at radius 3 is 2.74 bits per heavy atom. The molecule has 0 bridgehead atoms. The molecule has 0 saturated carbocycles. The van der Waals surface area contributed by atoms with Gasteiger partial charge in [-0.05, 0) is 19.8 Å². The van der Waals surface area contributed by atoms with Crippen molar-refractivity contribution in [3.8, 4) is 0 Å². The Labute approximate surface area is 115 Å². The zero-order valence-electron chi connectivity index (χ0n) is 10.9. The Kier molecular flexibility index (Phi) is 4.49. The number of hydrogen-bond acceptors (Lipinski definition) is 6. The number of esters is 1. The van der Waals surface area contributed by atoms with Crippen molar-refractivity contribution in [1.29, 1.82) is 0 Å². The van der Waals surface area contributed by atoms with Crippen molar-refractivity contribution in [2.75, 3.05) is 25.6 Å². The molecule has 6 nitrogen and oxygen atoms in total. The van der Waals surface area contributed by atoms with E-state index in [1.165, 1.54) is 7.11 Å². The standard InChI is InChI=1S/C12H16N2O4S/c1-7-9(11(16)17-2)19-12(13-7)14-10(15)8-3-5-18-6-4-8/h8H,3-6H2,1-2H3,(H,13,14,15). The van der Waals surface area contributed by atoms with Crippen molar-refractivity contribution in [1.82, 2.24) is 4.98 Å². The van der Waals surface area contributed by atoms with E-state index < -0.39 is 5.97 Å². The molecule has 1 saturated heterocycles. The molecule has 19 heavy (non-hydrogen) atoms. The van der Waals surface area contributed by atoms with Gasteiger partial charge in [0.25, 0.3) is 0 Å². The molecule has 0 aliphatic carbocycles. The highest BCUT2D eigenvalue weighted by Gasteiger charge is 2.23. The summed E-state index contributed by atoms with van der Waals surface area (Å²) < 4.78 is 9.87. The van der Waals surface area contributed by atoms with E-state index in [9.17, 15) is 9.59 Å². The second-order valence-corrected chi connectivity index (χ2v) is 5.30. The maximum absolute atomic E-state index is 12.0. The minimum absolute atomic E-state index is 0.0421. The highest BCUT2D eigenvalue weighted by Crippen LogP contribution is 2.25. The van der Waals surface area contributed by atoms with Gasteiger partial charge in [-0.2, -0.15) is 0 Å². The molecular weight excluding hydrogens is 268 g/mol. The summed E-state index contributed by atoms with van der Waals surface area (Å²) in [5, 5.41) is 3.20. The van der Waals surface area contributed by atoms with E-state index in [4.69, 9.17) is 4.74 Å². The zero-order chi connectivity index (χ0) is 13.8. The van der Waals surface area contributed by atoms with Crippen molar-refractivity contribution in [2.45, 2.75) is 19.8 Å². The lowest BCUT2D eigenvalue weighted by atomic mass is 10.00. The monoisotopic (exact) mass is 284 g/mol. The van der Waals surface area contributed by atoms with E-state index in [1.807, 2.05) is 0 Å². The minimum Gasteiger partial charge on any atom is -0.465 e. The van der Waals surface area contributed by atoms with Crippen LogP contribution in [0.2, 0.25) is 0 Å². The van der Waals surface area contributed by atoms with Crippen LogP contribution in [0.15, 0.2) is 0 Å². The largest absolute Gasteiger partial charge is 0.465 e. The number of nitrogens with zero attached hydrogens (tertiary/aromatic N) is 1. The van der Waals surface area contributed by atoms with Crippen molar-refractivity contribution >= 4 is 28.3 Å². The van der Waals surface area contributed by atoms with Crippen LogP contribution < -0.4 is 5.32 Å². The molecular formula is C12H16N2O4S. The van der Waals surface area contributed by atoms with Gasteiger partial charge in [0.05, 0.1) is 12.8 Å². The average Bonchev–Trinajstić information content (AvgIpc) is 2.79. The third-order valence-electron chi connectivity index (χ3n) is 2.99. The Morgan fingerprint density at radius 1 is 1.42 bits per heavy atom. The number of nitrogens with one attached hydrogen (secondary N) is 1. The first-order chi connectivity index (χ1) is 9.11. The van der Waals surface area contributed by atoms with Gasteiger partial charge in [-0.3, -0.25) is 4.79 Å². The molecule has 1 aromatic rings. The fourth-order valence-corrected chi connectivity index (χ4v) is 2.79. The highest BCUT2D eigenvalue weighted by atomic mass is 32.1. The summed E-state index contributed by atoms with van der Waals surface area (Å²) in [7, 11) is 1.32. The van der Waals surface area contributed by atoms with Crippen LogP contribution in [-0.4, -0.2) is 37.2 Å². The van der Waals surface area contributed by atoms with E-state index in [2.05, 4.69) is 15.0 Å². The molecule has 2 heterocycles. The normalized spacial score (nSPS) is 16.1. The number of rotatable bonds is 3. The summed E-state index contributed by atoms with van der Waals surface area (Å²) in [6.07, 6.45) is 1.44. The molecule has 0 unspecified atom stereocenters. The quantitative estimate of drug-likeness (QED) is 0.853. The van der Waals surface area contributed by atoms with Gasteiger partial charge in [0, 0.05) is 19.1 Å². The van der Waals surface area contributed by atoms with Crippen molar-refractivity contribution in [2.24, 2.45) is 5.92 Å². The Hall–Kier alpha value is -1.47. The molecule has 0 aromatic carbocycles. The molecule has 7 heteroatoms. The number of ether oxygens (including phenoxy) is 2. The predicted molar refractivity (Wildman–Crippen MR) is 70.4 cm³/mol. The first-order valence-electron chi connectivity index (χ1n) is 6.06. The number of carbonyl (C=O) groups excluding carboxylic acids is 2. The van der Waals surface area contributed by atoms with Gasteiger partial charge < -0.3 is 14.8 Å². The van der Waals surface area contributed by atoms with E-state index >= 15 is 0 Å². The summed E-state index contributed by atoms with van der Waals surface area (Å²) in [5.41, 5.74) is 0.569. The van der Waals surface area contributed by atoms with E-state index in [-0.39, 0.29) is 11.8 Å². The van der Waals surface area contributed by atoms with Crippen LogP contribution in [0.1, 0.15) is 28.2 Å². The van der Waals surface area contributed by atoms with Crippen molar-refractivity contribution in [3.63, 3.8) is 0 Å². The summed E-state index contributed by atoms with van der Waals surface area (Å²) >= 11 is 1.14. The second kappa shape index (κ2) is 6.12. The maximum Gasteiger partial charge on any atom is 0.350 e.